The highest BCUT2D eigenvalue weighted by Crippen LogP contribution is 2.45. The summed E-state index contributed by atoms with van der Waals surface area (Å²) in [4.78, 5) is 25.4. The minimum Gasteiger partial charge on any atom is -0.459 e. The third-order valence-electron chi connectivity index (χ3n) is 5.34. The van der Waals surface area contributed by atoms with E-state index in [9.17, 15) is 9.59 Å². The van der Waals surface area contributed by atoms with Crippen molar-refractivity contribution in [3.63, 3.8) is 0 Å². The molecule has 2 aliphatic rings. The standard InChI is InChI=1S/C23H23IO7/c1-22(2)29-18-21(31-22)28-17(13-27-20(26)15-11-7-8-12-16(15)24)23(18,3)30-19(25)14-9-5-4-6-10-14/h4-12,17-18,21H,13H2,1-3H3/t17-,18?,21-,23-/m0/s1. The van der Waals surface area contributed by atoms with Gasteiger partial charge in [0.25, 0.3) is 0 Å². The van der Waals surface area contributed by atoms with Gasteiger partial charge in [-0.05, 0) is 67.6 Å². The third kappa shape index (κ3) is 4.48. The number of rotatable bonds is 5. The lowest BCUT2D eigenvalue weighted by atomic mass is 9.94. The normalized spacial score (nSPS) is 28.7. The zero-order valence-electron chi connectivity index (χ0n) is 17.4. The van der Waals surface area contributed by atoms with E-state index in [4.69, 9.17) is 23.7 Å². The van der Waals surface area contributed by atoms with Gasteiger partial charge in [0.1, 0.15) is 12.7 Å². The zero-order valence-corrected chi connectivity index (χ0v) is 19.5. The van der Waals surface area contributed by atoms with Crippen molar-refractivity contribution in [2.45, 2.75) is 50.7 Å². The van der Waals surface area contributed by atoms with Gasteiger partial charge in [0, 0.05) is 3.57 Å². The fraction of sp³-hybridized carbons (Fsp3) is 0.391. The molecule has 0 bridgehead atoms. The average Bonchev–Trinajstić information content (AvgIpc) is 3.17. The van der Waals surface area contributed by atoms with Crippen molar-refractivity contribution in [2.24, 2.45) is 0 Å². The molecule has 2 aliphatic heterocycles. The Kier molecular flexibility index (Phi) is 6.08. The summed E-state index contributed by atoms with van der Waals surface area (Å²) < 4.78 is 30.0. The smallest absolute Gasteiger partial charge is 0.339 e. The molecule has 0 radical (unpaired) electrons. The van der Waals surface area contributed by atoms with E-state index in [0.29, 0.717) is 11.1 Å². The van der Waals surface area contributed by atoms with Crippen molar-refractivity contribution in [3.8, 4) is 0 Å². The first-order valence-electron chi connectivity index (χ1n) is 9.91. The summed E-state index contributed by atoms with van der Waals surface area (Å²) in [7, 11) is 0. The summed E-state index contributed by atoms with van der Waals surface area (Å²) in [6.07, 6.45) is -2.18. The maximum Gasteiger partial charge on any atom is 0.339 e. The Bertz CT molecular complexity index is 977. The van der Waals surface area contributed by atoms with E-state index in [0.717, 1.165) is 3.57 Å². The van der Waals surface area contributed by atoms with Gasteiger partial charge in [-0.3, -0.25) is 0 Å². The Morgan fingerprint density at radius 2 is 1.65 bits per heavy atom. The quantitative estimate of drug-likeness (QED) is 0.422. The lowest BCUT2D eigenvalue weighted by molar-refractivity contribution is -0.230. The second-order valence-electron chi connectivity index (χ2n) is 8.07. The first-order chi connectivity index (χ1) is 14.7. The maximum absolute atomic E-state index is 12.8. The van der Waals surface area contributed by atoms with Crippen molar-refractivity contribution in [1.29, 1.82) is 0 Å². The van der Waals surface area contributed by atoms with Gasteiger partial charge in [-0.2, -0.15) is 0 Å². The van der Waals surface area contributed by atoms with E-state index in [-0.39, 0.29) is 6.61 Å². The van der Waals surface area contributed by atoms with E-state index in [1.54, 1.807) is 57.2 Å². The van der Waals surface area contributed by atoms with Crippen LogP contribution in [0.15, 0.2) is 54.6 Å². The molecule has 2 fully saturated rings. The van der Waals surface area contributed by atoms with Gasteiger partial charge in [-0.25, -0.2) is 9.59 Å². The number of halogens is 1. The Morgan fingerprint density at radius 3 is 2.35 bits per heavy atom. The minimum absolute atomic E-state index is 0.122. The van der Waals surface area contributed by atoms with Crippen LogP contribution in [0.5, 0.6) is 0 Å². The maximum atomic E-state index is 12.8. The highest BCUT2D eigenvalue weighted by molar-refractivity contribution is 14.1. The molecule has 164 valence electrons. The van der Waals surface area contributed by atoms with Crippen molar-refractivity contribution in [1.82, 2.24) is 0 Å². The van der Waals surface area contributed by atoms with Crippen LogP contribution in [0.4, 0.5) is 0 Å². The number of fused-ring (bicyclic) bond motifs is 1. The summed E-state index contributed by atoms with van der Waals surface area (Å²) in [5, 5.41) is 0. The Hall–Kier alpha value is -2.01. The third-order valence-corrected chi connectivity index (χ3v) is 6.28. The second kappa shape index (κ2) is 8.50. The summed E-state index contributed by atoms with van der Waals surface area (Å²) in [6, 6.07) is 15.8. The SMILES string of the molecule is CC1(C)OC2[C@@H](O[C@@H](COC(=O)c3ccccc3I)[C@]2(C)OC(=O)c2ccccc2)O1. The first-order valence-corrected chi connectivity index (χ1v) is 11.0. The lowest BCUT2D eigenvalue weighted by Gasteiger charge is -2.34. The molecular weight excluding hydrogens is 515 g/mol. The van der Waals surface area contributed by atoms with E-state index < -0.39 is 41.8 Å². The molecule has 8 heteroatoms. The number of carbonyl (C=O) groups is 2. The summed E-state index contributed by atoms with van der Waals surface area (Å²) >= 11 is 2.08. The van der Waals surface area contributed by atoms with E-state index in [1.807, 2.05) is 18.2 Å². The molecule has 0 amide bonds. The van der Waals surface area contributed by atoms with E-state index >= 15 is 0 Å². The molecule has 31 heavy (non-hydrogen) atoms. The average molecular weight is 538 g/mol. The van der Waals surface area contributed by atoms with Crippen LogP contribution in [0, 0.1) is 3.57 Å². The van der Waals surface area contributed by atoms with Crippen molar-refractivity contribution < 1.29 is 33.3 Å². The van der Waals surface area contributed by atoms with Gasteiger partial charge >= 0.3 is 11.9 Å². The molecule has 4 atom stereocenters. The number of benzene rings is 2. The van der Waals surface area contributed by atoms with Crippen LogP contribution in [0.25, 0.3) is 0 Å². The van der Waals surface area contributed by atoms with Crippen LogP contribution in [-0.4, -0.2) is 48.4 Å². The molecule has 0 aromatic heterocycles. The summed E-state index contributed by atoms with van der Waals surface area (Å²) in [5.74, 6) is -1.89. The predicted molar refractivity (Wildman–Crippen MR) is 118 cm³/mol. The Balaban J connectivity index is 1.53. The summed E-state index contributed by atoms with van der Waals surface area (Å²) in [5.41, 5.74) is -0.368. The molecule has 0 N–H and O–H groups in total. The van der Waals surface area contributed by atoms with Crippen LogP contribution in [-0.2, 0) is 23.7 Å². The number of esters is 2. The monoisotopic (exact) mass is 538 g/mol. The molecule has 4 rings (SSSR count). The second-order valence-corrected chi connectivity index (χ2v) is 9.23. The first kappa shape index (κ1) is 22.2. The molecular formula is C23H23IO7. The van der Waals surface area contributed by atoms with Gasteiger partial charge in [0.15, 0.2) is 23.8 Å². The fourth-order valence-corrected chi connectivity index (χ4v) is 4.32. The Morgan fingerprint density at radius 1 is 0.968 bits per heavy atom. The molecule has 7 nitrogen and oxygen atoms in total. The minimum atomic E-state index is -1.23. The number of ether oxygens (including phenoxy) is 5. The molecule has 2 aromatic rings. The number of hydrogen-bond acceptors (Lipinski definition) is 7. The molecule has 0 aliphatic carbocycles. The molecule has 0 saturated carbocycles. The predicted octanol–water partition coefficient (Wildman–Crippen LogP) is 3.94. The molecule has 2 aromatic carbocycles. The highest BCUT2D eigenvalue weighted by Gasteiger charge is 2.64. The molecule has 2 heterocycles. The van der Waals surface area contributed by atoms with Crippen molar-refractivity contribution >= 4 is 34.5 Å². The van der Waals surface area contributed by atoms with Crippen molar-refractivity contribution in [2.75, 3.05) is 6.61 Å². The van der Waals surface area contributed by atoms with E-state index in [2.05, 4.69) is 22.6 Å². The van der Waals surface area contributed by atoms with Gasteiger partial charge in [-0.15, -0.1) is 0 Å². The molecule has 0 spiro atoms. The van der Waals surface area contributed by atoms with Crippen LogP contribution in [0.1, 0.15) is 41.5 Å². The van der Waals surface area contributed by atoms with Crippen LogP contribution in [0.2, 0.25) is 0 Å². The number of carbonyl (C=O) groups excluding carboxylic acids is 2. The highest BCUT2D eigenvalue weighted by atomic mass is 127. The lowest BCUT2D eigenvalue weighted by Crippen LogP contribution is -2.51. The van der Waals surface area contributed by atoms with Crippen molar-refractivity contribution in [3.05, 3.63) is 69.3 Å². The van der Waals surface area contributed by atoms with Gasteiger partial charge < -0.3 is 23.7 Å². The van der Waals surface area contributed by atoms with E-state index in [1.165, 1.54) is 0 Å². The van der Waals surface area contributed by atoms with Crippen LogP contribution in [0.3, 0.4) is 0 Å². The summed E-state index contributed by atoms with van der Waals surface area (Å²) in [6.45, 7) is 5.12. The van der Waals surface area contributed by atoms with Crippen LogP contribution < -0.4 is 0 Å². The Labute approximate surface area is 194 Å². The topological polar surface area (TPSA) is 80.3 Å². The largest absolute Gasteiger partial charge is 0.459 e. The van der Waals surface area contributed by atoms with Gasteiger partial charge in [0.2, 0.25) is 0 Å². The van der Waals surface area contributed by atoms with Crippen LogP contribution >= 0.6 is 22.6 Å². The number of hydrogen-bond donors (Lipinski definition) is 0. The zero-order chi connectivity index (χ0) is 22.2. The fourth-order valence-electron chi connectivity index (χ4n) is 3.71. The van der Waals surface area contributed by atoms with Gasteiger partial charge in [-0.1, -0.05) is 30.3 Å². The van der Waals surface area contributed by atoms with Gasteiger partial charge in [0.05, 0.1) is 11.1 Å². The molecule has 1 unspecified atom stereocenters. The molecule has 2 saturated heterocycles.